The van der Waals surface area contributed by atoms with Gasteiger partial charge >= 0.3 is 19.8 Å². The number of esters is 2. The maximum absolute atomic E-state index is 12.4. The molecule has 0 aromatic rings. The van der Waals surface area contributed by atoms with Gasteiger partial charge in [-0.15, -0.1) is 0 Å². The minimum Gasteiger partial charge on any atom is -0.462 e. The Labute approximate surface area is 244 Å². The van der Waals surface area contributed by atoms with E-state index >= 15 is 0 Å². The number of unbranched alkanes of at least 4 members (excludes halogenated alkanes) is 17. The summed E-state index contributed by atoms with van der Waals surface area (Å²) < 4.78 is 32.4. The van der Waals surface area contributed by atoms with Crippen molar-refractivity contribution in [2.24, 2.45) is 5.73 Å². The van der Waals surface area contributed by atoms with Crippen LogP contribution in [0.4, 0.5) is 0 Å². The van der Waals surface area contributed by atoms with Gasteiger partial charge in [-0.25, -0.2) is 4.57 Å². The lowest BCUT2D eigenvalue weighted by molar-refractivity contribution is -0.161. The number of hydrogen-bond acceptors (Lipinski definition) is 8. The van der Waals surface area contributed by atoms with E-state index in [0.717, 1.165) is 32.1 Å². The van der Waals surface area contributed by atoms with Crippen LogP contribution in [-0.4, -0.2) is 49.3 Å². The molecule has 0 heterocycles. The summed E-state index contributed by atoms with van der Waals surface area (Å²) >= 11 is 0. The lowest BCUT2D eigenvalue weighted by Crippen LogP contribution is -2.29. The molecule has 0 aliphatic rings. The van der Waals surface area contributed by atoms with Gasteiger partial charge in [0.25, 0.3) is 0 Å². The van der Waals surface area contributed by atoms with Gasteiger partial charge in [0.2, 0.25) is 0 Å². The summed E-state index contributed by atoms with van der Waals surface area (Å²) in [6.07, 6.45) is 21.5. The Balaban J connectivity index is 4.30. The van der Waals surface area contributed by atoms with Crippen molar-refractivity contribution < 1.29 is 37.6 Å². The minimum atomic E-state index is -4.35. The molecule has 0 radical (unpaired) electrons. The molecular weight excluding hydrogens is 533 g/mol. The first-order chi connectivity index (χ1) is 19.3. The average molecular weight is 594 g/mol. The zero-order valence-electron chi connectivity index (χ0n) is 25.6. The third kappa shape index (κ3) is 27.2. The van der Waals surface area contributed by atoms with Crippen LogP contribution in [0.15, 0.2) is 0 Å². The molecule has 2 atom stereocenters. The lowest BCUT2D eigenvalue weighted by Gasteiger charge is -2.19. The minimum absolute atomic E-state index is 0.0572. The first-order valence-corrected chi connectivity index (χ1v) is 17.5. The number of rotatable bonds is 30. The second-order valence-corrected chi connectivity index (χ2v) is 12.1. The van der Waals surface area contributed by atoms with Crippen LogP contribution in [-0.2, 0) is 32.7 Å². The molecule has 0 aromatic carbocycles. The first kappa shape index (κ1) is 39.0. The third-order valence-electron chi connectivity index (χ3n) is 6.74. The van der Waals surface area contributed by atoms with Crippen molar-refractivity contribution in [1.29, 1.82) is 0 Å². The van der Waals surface area contributed by atoms with Gasteiger partial charge < -0.3 is 20.1 Å². The normalized spacial score (nSPS) is 13.6. The number of nitrogens with two attached hydrogens (primary N) is 1. The van der Waals surface area contributed by atoms with Crippen LogP contribution in [0.2, 0.25) is 0 Å². The van der Waals surface area contributed by atoms with Crippen molar-refractivity contribution in [2.45, 2.75) is 155 Å². The highest BCUT2D eigenvalue weighted by Crippen LogP contribution is 2.43. The second-order valence-electron chi connectivity index (χ2n) is 10.7. The van der Waals surface area contributed by atoms with Crippen LogP contribution in [0, 0.1) is 0 Å². The number of phosphoric ester groups is 1. The van der Waals surface area contributed by atoms with Crippen molar-refractivity contribution in [3.8, 4) is 0 Å². The summed E-state index contributed by atoms with van der Waals surface area (Å²) in [5.41, 5.74) is 5.30. The molecule has 0 saturated carbocycles. The van der Waals surface area contributed by atoms with Crippen molar-refractivity contribution >= 4 is 19.8 Å². The first-order valence-electron chi connectivity index (χ1n) is 16.0. The lowest BCUT2D eigenvalue weighted by atomic mass is 10.1. The zero-order valence-corrected chi connectivity index (χ0v) is 26.5. The molecule has 0 aromatic heterocycles. The summed E-state index contributed by atoms with van der Waals surface area (Å²) in [6.45, 7) is 3.67. The summed E-state index contributed by atoms with van der Waals surface area (Å²) in [4.78, 5) is 34.3. The maximum Gasteiger partial charge on any atom is 0.472 e. The number of ether oxygens (including phenoxy) is 2. The molecule has 10 heteroatoms. The molecule has 0 aliphatic heterocycles. The van der Waals surface area contributed by atoms with E-state index in [1.54, 1.807) is 0 Å². The summed E-state index contributed by atoms with van der Waals surface area (Å²) in [5, 5.41) is 0. The Hall–Kier alpha value is -0.990. The van der Waals surface area contributed by atoms with E-state index in [0.29, 0.717) is 6.42 Å². The van der Waals surface area contributed by atoms with Gasteiger partial charge in [-0.2, -0.15) is 0 Å². The quantitative estimate of drug-likeness (QED) is 0.0486. The van der Waals surface area contributed by atoms with E-state index in [2.05, 4.69) is 13.8 Å². The molecule has 40 heavy (non-hydrogen) atoms. The predicted octanol–water partition coefficient (Wildman–Crippen LogP) is 7.77. The molecule has 0 fully saturated rings. The molecule has 2 unspecified atom stereocenters. The van der Waals surface area contributed by atoms with Gasteiger partial charge in [-0.05, 0) is 12.8 Å². The number of phosphoric acid groups is 1. The topological polar surface area (TPSA) is 134 Å². The smallest absolute Gasteiger partial charge is 0.462 e. The highest BCUT2D eigenvalue weighted by atomic mass is 31.2. The molecule has 0 bridgehead atoms. The Bertz CT molecular complexity index is 649. The van der Waals surface area contributed by atoms with Crippen molar-refractivity contribution in [3.63, 3.8) is 0 Å². The molecule has 9 nitrogen and oxygen atoms in total. The predicted molar refractivity (Wildman–Crippen MR) is 160 cm³/mol. The Morgan fingerprint density at radius 1 is 0.650 bits per heavy atom. The molecule has 0 rings (SSSR count). The maximum atomic E-state index is 12.4. The van der Waals surface area contributed by atoms with E-state index in [9.17, 15) is 19.0 Å². The van der Waals surface area contributed by atoms with Gasteiger partial charge in [0.15, 0.2) is 6.10 Å². The standard InChI is InChI=1S/C30H60NO8P/c1-3-5-7-9-11-13-14-15-17-19-21-23-30(33)39-28(27-38-40(34,35)37-25-24-31)26-36-29(32)22-20-18-16-12-10-8-6-4-2/h28H,3-27,31H2,1-2H3,(H,34,35). The van der Waals surface area contributed by atoms with E-state index in [1.807, 2.05) is 0 Å². The van der Waals surface area contributed by atoms with Gasteiger partial charge in [0.05, 0.1) is 13.2 Å². The van der Waals surface area contributed by atoms with Crippen LogP contribution in [0.3, 0.4) is 0 Å². The van der Waals surface area contributed by atoms with Gasteiger partial charge in [-0.1, -0.05) is 123 Å². The summed E-state index contributed by atoms with van der Waals surface area (Å²) in [5.74, 6) is -0.830. The highest BCUT2D eigenvalue weighted by Gasteiger charge is 2.25. The van der Waals surface area contributed by atoms with Crippen molar-refractivity contribution in [1.82, 2.24) is 0 Å². The molecule has 3 N–H and O–H groups in total. The zero-order chi connectivity index (χ0) is 29.7. The fourth-order valence-electron chi connectivity index (χ4n) is 4.34. The summed E-state index contributed by atoms with van der Waals surface area (Å²) in [6, 6.07) is 0. The Morgan fingerprint density at radius 2 is 1.07 bits per heavy atom. The molecule has 0 spiro atoms. The van der Waals surface area contributed by atoms with Crippen LogP contribution in [0.25, 0.3) is 0 Å². The van der Waals surface area contributed by atoms with Crippen molar-refractivity contribution in [2.75, 3.05) is 26.4 Å². The van der Waals surface area contributed by atoms with E-state index in [-0.39, 0.29) is 38.6 Å². The summed E-state index contributed by atoms with van der Waals surface area (Å²) in [7, 11) is -4.35. The molecule has 0 aliphatic carbocycles. The Kier molecular flexibility index (Phi) is 27.4. The molecular formula is C30H60NO8P. The van der Waals surface area contributed by atoms with Crippen LogP contribution in [0.5, 0.6) is 0 Å². The van der Waals surface area contributed by atoms with Gasteiger partial charge in [-0.3, -0.25) is 18.6 Å². The third-order valence-corrected chi connectivity index (χ3v) is 7.73. The SMILES string of the molecule is CCCCCCCCCCCCCC(=O)OC(COC(=O)CCCCCCCCCC)COP(=O)(O)OCCN. The fourth-order valence-corrected chi connectivity index (χ4v) is 5.10. The van der Waals surface area contributed by atoms with Crippen LogP contribution >= 0.6 is 7.82 Å². The largest absolute Gasteiger partial charge is 0.472 e. The van der Waals surface area contributed by atoms with Crippen LogP contribution < -0.4 is 5.73 Å². The molecule has 0 amide bonds. The van der Waals surface area contributed by atoms with E-state index in [4.69, 9.17) is 24.3 Å². The number of carbonyl (C=O) groups is 2. The average Bonchev–Trinajstić information content (AvgIpc) is 2.93. The van der Waals surface area contributed by atoms with Crippen molar-refractivity contribution in [3.05, 3.63) is 0 Å². The van der Waals surface area contributed by atoms with Gasteiger partial charge in [0.1, 0.15) is 6.61 Å². The van der Waals surface area contributed by atoms with E-state index in [1.165, 1.54) is 83.5 Å². The van der Waals surface area contributed by atoms with E-state index < -0.39 is 26.5 Å². The Morgan fingerprint density at radius 3 is 1.52 bits per heavy atom. The fraction of sp³-hybridized carbons (Fsp3) is 0.933. The van der Waals surface area contributed by atoms with Gasteiger partial charge in [0, 0.05) is 19.4 Å². The molecule has 0 saturated heterocycles. The monoisotopic (exact) mass is 593 g/mol. The molecule has 238 valence electrons. The highest BCUT2D eigenvalue weighted by molar-refractivity contribution is 7.47. The van der Waals surface area contributed by atoms with Crippen LogP contribution in [0.1, 0.15) is 149 Å². The number of carbonyl (C=O) groups excluding carboxylic acids is 2. The second kappa shape index (κ2) is 28.1. The number of hydrogen-bond donors (Lipinski definition) is 2.